The van der Waals surface area contributed by atoms with Crippen molar-refractivity contribution in [3.63, 3.8) is 0 Å². The Kier molecular flexibility index (Phi) is 4.61. The smallest absolute Gasteiger partial charge is 0.0662 e. The Morgan fingerprint density at radius 1 is 1.24 bits per heavy atom. The number of hydrogen-bond donors (Lipinski definition) is 2. The molecule has 0 spiro atoms. The van der Waals surface area contributed by atoms with Crippen LogP contribution >= 0.6 is 0 Å². The second-order valence-corrected chi connectivity index (χ2v) is 6.76. The van der Waals surface area contributed by atoms with Gasteiger partial charge in [-0.3, -0.25) is 4.90 Å². The number of likely N-dealkylation sites (tertiary alicyclic amines) is 1. The second-order valence-electron chi connectivity index (χ2n) is 6.76. The molecule has 0 amide bonds. The van der Waals surface area contributed by atoms with Crippen molar-refractivity contribution in [3.05, 3.63) is 0 Å². The molecule has 1 fully saturated rings. The van der Waals surface area contributed by atoms with Crippen LogP contribution in [0.1, 0.15) is 53.9 Å². The monoisotopic (exact) mass is 242 g/mol. The Labute approximate surface area is 107 Å². The van der Waals surface area contributed by atoms with E-state index in [1.165, 1.54) is 0 Å². The van der Waals surface area contributed by atoms with E-state index in [1.807, 2.05) is 6.92 Å². The predicted octanol–water partition coefficient (Wildman–Crippen LogP) is 2.00. The average molecular weight is 242 g/mol. The summed E-state index contributed by atoms with van der Waals surface area (Å²) >= 11 is 0. The van der Waals surface area contributed by atoms with Crippen molar-refractivity contribution >= 4 is 0 Å². The molecule has 2 N–H and O–H groups in total. The summed E-state index contributed by atoms with van der Waals surface area (Å²) in [6, 6.07) is 0.511. The lowest BCUT2D eigenvalue weighted by Gasteiger charge is -2.54. The van der Waals surface area contributed by atoms with Gasteiger partial charge in [-0.1, -0.05) is 6.92 Å². The van der Waals surface area contributed by atoms with E-state index < -0.39 is 0 Å². The summed E-state index contributed by atoms with van der Waals surface area (Å²) in [5.41, 5.74) is 0.438. The summed E-state index contributed by atoms with van der Waals surface area (Å²) < 4.78 is 0. The molecule has 0 aromatic carbocycles. The van der Waals surface area contributed by atoms with Gasteiger partial charge in [0.1, 0.15) is 0 Å². The Morgan fingerprint density at radius 3 is 2.12 bits per heavy atom. The van der Waals surface area contributed by atoms with Gasteiger partial charge in [-0.25, -0.2) is 0 Å². The Morgan fingerprint density at radius 2 is 1.71 bits per heavy atom. The molecule has 102 valence electrons. The maximum absolute atomic E-state index is 9.63. The summed E-state index contributed by atoms with van der Waals surface area (Å²) in [5.74, 6) is 0. The molecule has 0 aliphatic carbocycles. The SMILES string of the molecule is CCC(O)CNC1CC(C)(C)N(C)C(C)(C)C1. The van der Waals surface area contributed by atoms with Crippen LogP contribution in [0.5, 0.6) is 0 Å². The van der Waals surface area contributed by atoms with Gasteiger partial charge in [-0.15, -0.1) is 0 Å². The Bertz CT molecular complexity index is 233. The normalized spacial score (nSPS) is 27.0. The van der Waals surface area contributed by atoms with E-state index in [-0.39, 0.29) is 17.2 Å². The van der Waals surface area contributed by atoms with Crippen molar-refractivity contribution in [2.75, 3.05) is 13.6 Å². The molecule has 1 saturated heterocycles. The van der Waals surface area contributed by atoms with E-state index in [4.69, 9.17) is 0 Å². The number of nitrogens with one attached hydrogen (secondary N) is 1. The van der Waals surface area contributed by atoms with Crippen molar-refractivity contribution in [1.29, 1.82) is 0 Å². The van der Waals surface area contributed by atoms with Gasteiger partial charge >= 0.3 is 0 Å². The number of rotatable bonds is 4. The largest absolute Gasteiger partial charge is 0.392 e. The molecule has 1 rings (SSSR count). The first-order valence-corrected chi connectivity index (χ1v) is 6.84. The fourth-order valence-electron chi connectivity index (χ4n) is 2.96. The number of piperidine rings is 1. The molecule has 0 aromatic rings. The molecule has 1 aliphatic heterocycles. The zero-order chi connectivity index (χ0) is 13.3. The molecular formula is C14H30N2O. The van der Waals surface area contributed by atoms with Gasteiger partial charge in [0.2, 0.25) is 0 Å². The molecule has 17 heavy (non-hydrogen) atoms. The van der Waals surface area contributed by atoms with Crippen molar-refractivity contribution in [2.45, 2.75) is 77.1 Å². The minimum Gasteiger partial charge on any atom is -0.392 e. The van der Waals surface area contributed by atoms with Crippen LogP contribution in [0.25, 0.3) is 0 Å². The molecule has 1 heterocycles. The van der Waals surface area contributed by atoms with Crippen LogP contribution in [0, 0.1) is 0 Å². The molecule has 1 atom stereocenters. The van der Waals surface area contributed by atoms with Gasteiger partial charge in [0.05, 0.1) is 6.10 Å². The lowest BCUT2D eigenvalue weighted by molar-refractivity contribution is -0.0200. The first-order chi connectivity index (χ1) is 7.69. The van der Waals surface area contributed by atoms with E-state index in [0.717, 1.165) is 25.8 Å². The van der Waals surface area contributed by atoms with E-state index in [2.05, 4.69) is 45.0 Å². The van der Waals surface area contributed by atoms with Crippen LogP contribution in [-0.2, 0) is 0 Å². The molecule has 0 bridgehead atoms. The maximum atomic E-state index is 9.63. The molecule has 1 unspecified atom stereocenters. The summed E-state index contributed by atoms with van der Waals surface area (Å²) in [6.45, 7) is 12.0. The quantitative estimate of drug-likeness (QED) is 0.791. The highest BCUT2D eigenvalue weighted by Gasteiger charge is 2.42. The highest BCUT2D eigenvalue weighted by atomic mass is 16.3. The lowest BCUT2D eigenvalue weighted by atomic mass is 9.77. The molecule has 0 saturated carbocycles. The molecule has 0 radical (unpaired) electrons. The Hall–Kier alpha value is -0.120. The van der Waals surface area contributed by atoms with Gasteiger partial charge < -0.3 is 10.4 Å². The minimum absolute atomic E-state index is 0.208. The summed E-state index contributed by atoms with van der Waals surface area (Å²) in [6.07, 6.45) is 2.90. The minimum atomic E-state index is -0.208. The van der Waals surface area contributed by atoms with Gasteiger partial charge in [-0.05, 0) is 54.0 Å². The molecule has 3 heteroatoms. The van der Waals surface area contributed by atoms with Crippen molar-refractivity contribution in [3.8, 4) is 0 Å². The zero-order valence-corrected chi connectivity index (χ0v) is 12.4. The molecule has 1 aliphatic rings. The van der Waals surface area contributed by atoms with Crippen molar-refractivity contribution < 1.29 is 5.11 Å². The first kappa shape index (κ1) is 14.9. The molecular weight excluding hydrogens is 212 g/mol. The van der Waals surface area contributed by atoms with Crippen LogP contribution in [0.3, 0.4) is 0 Å². The van der Waals surface area contributed by atoms with E-state index in [0.29, 0.717) is 6.04 Å². The highest BCUT2D eigenvalue weighted by molar-refractivity contribution is 5.00. The average Bonchev–Trinajstić information content (AvgIpc) is 2.21. The third kappa shape index (κ3) is 3.67. The number of aliphatic hydroxyl groups is 1. The fourth-order valence-corrected chi connectivity index (χ4v) is 2.96. The second kappa shape index (κ2) is 5.25. The van der Waals surface area contributed by atoms with Gasteiger partial charge in [0, 0.05) is 23.7 Å². The highest BCUT2D eigenvalue weighted by Crippen LogP contribution is 2.36. The fraction of sp³-hybridized carbons (Fsp3) is 1.00. The van der Waals surface area contributed by atoms with Crippen LogP contribution < -0.4 is 5.32 Å². The first-order valence-electron chi connectivity index (χ1n) is 6.84. The number of aliphatic hydroxyl groups excluding tert-OH is 1. The van der Waals surface area contributed by atoms with E-state index >= 15 is 0 Å². The van der Waals surface area contributed by atoms with Crippen molar-refractivity contribution in [1.82, 2.24) is 10.2 Å². The Balaban J connectivity index is 2.59. The van der Waals surface area contributed by atoms with E-state index in [1.54, 1.807) is 0 Å². The van der Waals surface area contributed by atoms with Crippen LogP contribution in [-0.4, -0.2) is 46.8 Å². The third-order valence-electron chi connectivity index (χ3n) is 4.42. The topological polar surface area (TPSA) is 35.5 Å². The van der Waals surface area contributed by atoms with Gasteiger partial charge in [0.25, 0.3) is 0 Å². The van der Waals surface area contributed by atoms with Crippen LogP contribution in [0.4, 0.5) is 0 Å². The van der Waals surface area contributed by atoms with Crippen molar-refractivity contribution in [2.24, 2.45) is 0 Å². The number of hydrogen-bond acceptors (Lipinski definition) is 3. The zero-order valence-electron chi connectivity index (χ0n) is 12.4. The van der Waals surface area contributed by atoms with Crippen LogP contribution in [0.2, 0.25) is 0 Å². The summed E-state index contributed by atoms with van der Waals surface area (Å²) in [5, 5.41) is 13.2. The molecule has 3 nitrogen and oxygen atoms in total. The number of nitrogens with zero attached hydrogens (tertiary/aromatic N) is 1. The lowest BCUT2D eigenvalue weighted by Crippen LogP contribution is -2.62. The van der Waals surface area contributed by atoms with Gasteiger partial charge in [0.15, 0.2) is 0 Å². The van der Waals surface area contributed by atoms with Gasteiger partial charge in [-0.2, -0.15) is 0 Å². The molecule has 0 aromatic heterocycles. The third-order valence-corrected chi connectivity index (χ3v) is 4.42. The predicted molar refractivity (Wildman–Crippen MR) is 73.2 cm³/mol. The summed E-state index contributed by atoms with van der Waals surface area (Å²) in [7, 11) is 2.22. The standard InChI is InChI=1S/C14H30N2O/c1-7-12(17)10-15-11-8-13(2,3)16(6)14(4,5)9-11/h11-12,15,17H,7-10H2,1-6H3. The van der Waals surface area contributed by atoms with E-state index in [9.17, 15) is 5.11 Å². The summed E-state index contributed by atoms with van der Waals surface area (Å²) in [4.78, 5) is 2.48. The van der Waals surface area contributed by atoms with Crippen LogP contribution in [0.15, 0.2) is 0 Å². The maximum Gasteiger partial charge on any atom is 0.0662 e.